The minimum absolute atomic E-state index is 0.143. The zero-order valence-corrected chi connectivity index (χ0v) is 14.7. The van der Waals surface area contributed by atoms with Gasteiger partial charge in [0.1, 0.15) is 6.04 Å². The molecule has 3 heteroatoms. The zero-order valence-electron chi connectivity index (χ0n) is 14.7. The van der Waals surface area contributed by atoms with Gasteiger partial charge in [0.05, 0.1) is 7.11 Å². The maximum Gasteiger partial charge on any atom is 0.323 e. The van der Waals surface area contributed by atoms with Gasteiger partial charge in [0.25, 0.3) is 0 Å². The van der Waals surface area contributed by atoms with Crippen LogP contribution in [0.5, 0.6) is 0 Å². The summed E-state index contributed by atoms with van der Waals surface area (Å²) in [5.41, 5.74) is 2.41. The summed E-state index contributed by atoms with van der Waals surface area (Å²) in [5, 5.41) is 0. The monoisotopic (exact) mass is 325 g/mol. The fourth-order valence-corrected chi connectivity index (χ4v) is 2.90. The van der Waals surface area contributed by atoms with E-state index in [1.165, 1.54) is 18.2 Å². The lowest BCUT2D eigenvalue weighted by atomic mass is 10.1. The molecule has 0 aliphatic rings. The van der Waals surface area contributed by atoms with Crippen LogP contribution in [0.2, 0.25) is 0 Å². The van der Waals surface area contributed by atoms with Gasteiger partial charge in [-0.15, -0.1) is 0 Å². The topological polar surface area (TPSA) is 29.5 Å². The van der Waals surface area contributed by atoms with Crippen molar-refractivity contribution in [3.8, 4) is 0 Å². The van der Waals surface area contributed by atoms with Gasteiger partial charge in [0.2, 0.25) is 0 Å². The molecule has 0 aliphatic carbocycles. The first-order valence-electron chi connectivity index (χ1n) is 8.64. The van der Waals surface area contributed by atoms with Gasteiger partial charge in [-0.2, -0.15) is 0 Å². The summed E-state index contributed by atoms with van der Waals surface area (Å²) in [4.78, 5) is 14.6. The summed E-state index contributed by atoms with van der Waals surface area (Å²) in [6.45, 7) is 3.62. The average molecular weight is 325 g/mol. The molecule has 2 aromatic carbocycles. The van der Waals surface area contributed by atoms with Gasteiger partial charge < -0.3 is 4.74 Å². The van der Waals surface area contributed by atoms with E-state index in [2.05, 4.69) is 36.1 Å². The van der Waals surface area contributed by atoms with Crippen molar-refractivity contribution in [1.82, 2.24) is 4.90 Å². The Kier molecular flexibility index (Phi) is 7.50. The molecule has 0 aliphatic heterocycles. The van der Waals surface area contributed by atoms with Crippen LogP contribution in [0.4, 0.5) is 0 Å². The van der Waals surface area contributed by atoms with Crippen molar-refractivity contribution in [2.75, 3.05) is 7.11 Å². The molecule has 1 atom stereocenters. The molecule has 0 N–H and O–H groups in total. The second-order valence-electron chi connectivity index (χ2n) is 6.06. The van der Waals surface area contributed by atoms with Crippen molar-refractivity contribution in [1.29, 1.82) is 0 Å². The Morgan fingerprint density at radius 2 is 1.46 bits per heavy atom. The minimum atomic E-state index is -0.213. The second kappa shape index (κ2) is 9.89. The van der Waals surface area contributed by atoms with E-state index in [0.717, 1.165) is 32.4 Å². The van der Waals surface area contributed by atoms with Crippen molar-refractivity contribution in [3.63, 3.8) is 0 Å². The van der Waals surface area contributed by atoms with E-state index in [4.69, 9.17) is 4.74 Å². The van der Waals surface area contributed by atoms with Crippen molar-refractivity contribution in [2.24, 2.45) is 0 Å². The van der Waals surface area contributed by atoms with Gasteiger partial charge >= 0.3 is 5.97 Å². The van der Waals surface area contributed by atoms with Gasteiger partial charge in [-0.25, -0.2) is 0 Å². The normalized spacial score (nSPS) is 12.1. The molecule has 0 radical (unpaired) electrons. The quantitative estimate of drug-likeness (QED) is 0.639. The molecule has 0 bridgehead atoms. The number of ether oxygens (including phenoxy) is 1. The fourth-order valence-electron chi connectivity index (χ4n) is 2.90. The minimum Gasteiger partial charge on any atom is -0.468 e. The van der Waals surface area contributed by atoms with Crippen LogP contribution in [0.1, 0.15) is 37.3 Å². The zero-order chi connectivity index (χ0) is 17.2. The van der Waals surface area contributed by atoms with E-state index in [9.17, 15) is 4.79 Å². The molecular formula is C21H27NO2. The van der Waals surface area contributed by atoms with Gasteiger partial charge in [0.15, 0.2) is 0 Å². The fraction of sp³-hybridized carbons (Fsp3) is 0.381. The van der Waals surface area contributed by atoms with Gasteiger partial charge in [-0.3, -0.25) is 9.69 Å². The molecule has 128 valence electrons. The Morgan fingerprint density at radius 1 is 0.958 bits per heavy atom. The lowest BCUT2D eigenvalue weighted by Gasteiger charge is -2.30. The summed E-state index contributed by atoms with van der Waals surface area (Å²) in [7, 11) is 1.48. The first kappa shape index (κ1) is 18.2. The van der Waals surface area contributed by atoms with Crippen molar-refractivity contribution in [2.45, 2.75) is 45.3 Å². The number of carbonyl (C=O) groups excluding carboxylic acids is 1. The summed E-state index contributed by atoms with van der Waals surface area (Å²) < 4.78 is 5.09. The number of hydrogen-bond donors (Lipinski definition) is 0. The molecule has 3 nitrogen and oxygen atoms in total. The lowest BCUT2D eigenvalue weighted by Crippen LogP contribution is -2.41. The van der Waals surface area contributed by atoms with Crippen molar-refractivity contribution in [3.05, 3.63) is 71.8 Å². The Balaban J connectivity index is 2.22. The highest BCUT2D eigenvalue weighted by Crippen LogP contribution is 2.18. The van der Waals surface area contributed by atoms with Crippen LogP contribution in [0.15, 0.2) is 60.7 Å². The van der Waals surface area contributed by atoms with E-state index in [1.807, 2.05) is 36.4 Å². The third-order valence-corrected chi connectivity index (χ3v) is 4.20. The molecule has 0 saturated carbocycles. The van der Waals surface area contributed by atoms with Crippen LogP contribution in [0.25, 0.3) is 0 Å². The molecule has 2 rings (SSSR count). The summed E-state index contributed by atoms with van der Waals surface area (Å²) in [6.07, 6.45) is 2.90. The van der Waals surface area contributed by atoms with E-state index in [0.29, 0.717) is 0 Å². The predicted octanol–water partition coefficient (Wildman–Crippen LogP) is 4.42. The lowest BCUT2D eigenvalue weighted by molar-refractivity contribution is -0.148. The summed E-state index contributed by atoms with van der Waals surface area (Å²) >= 11 is 0. The average Bonchev–Trinajstić information content (AvgIpc) is 2.63. The molecule has 0 aromatic heterocycles. The molecule has 0 fully saturated rings. The van der Waals surface area contributed by atoms with Crippen LogP contribution < -0.4 is 0 Å². The molecular weight excluding hydrogens is 298 g/mol. The molecule has 0 heterocycles. The number of nitrogens with zero attached hydrogens (tertiary/aromatic N) is 1. The maximum atomic E-state index is 12.4. The van der Waals surface area contributed by atoms with Crippen LogP contribution in [-0.2, 0) is 22.6 Å². The first-order valence-corrected chi connectivity index (χ1v) is 8.64. The Hall–Kier alpha value is -2.13. The number of hydrogen-bond acceptors (Lipinski definition) is 3. The van der Waals surface area contributed by atoms with Crippen LogP contribution in [0, 0.1) is 0 Å². The molecule has 2 aromatic rings. The number of rotatable bonds is 9. The maximum absolute atomic E-state index is 12.4. The Labute approximate surface area is 145 Å². The standard InChI is InChI=1S/C21H27NO2/c1-3-4-15-20(21(23)24-2)22(16-18-11-7-5-8-12-18)17-19-13-9-6-10-14-19/h5-14,20H,3-4,15-17H2,1-2H3. The van der Waals surface area contributed by atoms with Crippen LogP contribution >= 0.6 is 0 Å². The predicted molar refractivity (Wildman–Crippen MR) is 97.5 cm³/mol. The number of carbonyl (C=O) groups is 1. The largest absolute Gasteiger partial charge is 0.468 e. The Morgan fingerprint density at radius 3 is 1.88 bits per heavy atom. The van der Waals surface area contributed by atoms with Crippen LogP contribution in [0.3, 0.4) is 0 Å². The highest BCUT2D eigenvalue weighted by Gasteiger charge is 2.26. The summed E-state index contributed by atoms with van der Waals surface area (Å²) in [5.74, 6) is -0.143. The third kappa shape index (κ3) is 5.50. The highest BCUT2D eigenvalue weighted by atomic mass is 16.5. The highest BCUT2D eigenvalue weighted by molar-refractivity contribution is 5.75. The Bertz CT molecular complexity index is 556. The van der Waals surface area contributed by atoms with Gasteiger partial charge in [-0.05, 0) is 17.5 Å². The van der Waals surface area contributed by atoms with Crippen molar-refractivity contribution >= 4 is 5.97 Å². The SMILES string of the molecule is CCCCC(C(=O)OC)N(Cc1ccccc1)Cc1ccccc1. The molecule has 0 spiro atoms. The van der Waals surface area contributed by atoms with E-state index in [1.54, 1.807) is 0 Å². The third-order valence-electron chi connectivity index (χ3n) is 4.20. The number of methoxy groups -OCH3 is 1. The molecule has 24 heavy (non-hydrogen) atoms. The van der Waals surface area contributed by atoms with Gasteiger partial charge in [0, 0.05) is 13.1 Å². The molecule has 0 saturated heterocycles. The van der Waals surface area contributed by atoms with E-state index in [-0.39, 0.29) is 12.0 Å². The number of benzene rings is 2. The molecule has 0 amide bonds. The van der Waals surface area contributed by atoms with Crippen LogP contribution in [-0.4, -0.2) is 24.0 Å². The number of esters is 1. The second-order valence-corrected chi connectivity index (χ2v) is 6.06. The summed E-state index contributed by atoms with van der Waals surface area (Å²) in [6, 6.07) is 20.4. The van der Waals surface area contributed by atoms with E-state index < -0.39 is 0 Å². The first-order chi connectivity index (χ1) is 11.7. The molecule has 1 unspecified atom stereocenters. The van der Waals surface area contributed by atoms with Gasteiger partial charge in [-0.1, -0.05) is 80.4 Å². The van der Waals surface area contributed by atoms with E-state index >= 15 is 0 Å². The smallest absolute Gasteiger partial charge is 0.323 e. The number of unbranched alkanes of at least 4 members (excludes halogenated alkanes) is 1. The van der Waals surface area contributed by atoms with Crippen molar-refractivity contribution < 1.29 is 9.53 Å².